The number of ether oxygens (including phenoxy) is 1. The number of hydrogen-bond donors (Lipinski definition) is 2. The van der Waals surface area contributed by atoms with Gasteiger partial charge in [-0.05, 0) is 61.2 Å². The lowest BCUT2D eigenvalue weighted by Crippen LogP contribution is -2.23. The van der Waals surface area contributed by atoms with Crippen molar-refractivity contribution in [2.75, 3.05) is 19.0 Å². The molecule has 0 spiro atoms. The van der Waals surface area contributed by atoms with Gasteiger partial charge < -0.3 is 15.8 Å². The molecule has 0 heterocycles. The van der Waals surface area contributed by atoms with Crippen LogP contribution in [0.1, 0.15) is 16.7 Å². The van der Waals surface area contributed by atoms with Crippen molar-refractivity contribution in [2.24, 2.45) is 10.7 Å². The van der Waals surface area contributed by atoms with Gasteiger partial charge in [0, 0.05) is 12.2 Å². The number of nitrogens with two attached hydrogens (primary N) is 1. The number of methoxy groups -OCH3 is 1. The minimum absolute atomic E-state index is 0. The van der Waals surface area contributed by atoms with Gasteiger partial charge in [-0.1, -0.05) is 18.2 Å². The molecule has 0 amide bonds. The van der Waals surface area contributed by atoms with E-state index in [-0.39, 0.29) is 24.0 Å². The summed E-state index contributed by atoms with van der Waals surface area (Å²) in [5.41, 5.74) is 10.5. The normalized spacial score (nSPS) is 10.8. The van der Waals surface area contributed by atoms with E-state index in [1.54, 1.807) is 7.11 Å². The van der Waals surface area contributed by atoms with Crippen LogP contribution < -0.4 is 15.8 Å². The maximum atomic E-state index is 5.94. The molecular formula is C18H24IN3O. The SMILES string of the molecule is COc1cccc(CCN=C(N)Nc2cc(C)cc(C)c2)c1.I. The minimum Gasteiger partial charge on any atom is -0.497 e. The molecule has 0 aliphatic rings. The summed E-state index contributed by atoms with van der Waals surface area (Å²) in [4.78, 5) is 4.37. The van der Waals surface area contributed by atoms with Gasteiger partial charge in [-0.3, -0.25) is 4.99 Å². The molecule has 3 N–H and O–H groups in total. The Kier molecular flexibility index (Phi) is 7.88. The molecular weight excluding hydrogens is 401 g/mol. The maximum Gasteiger partial charge on any atom is 0.193 e. The number of hydrogen-bond acceptors (Lipinski definition) is 2. The Morgan fingerprint density at radius 2 is 1.83 bits per heavy atom. The van der Waals surface area contributed by atoms with Crippen LogP contribution in [0.5, 0.6) is 5.75 Å². The van der Waals surface area contributed by atoms with E-state index in [0.29, 0.717) is 12.5 Å². The number of anilines is 1. The molecule has 0 atom stereocenters. The summed E-state index contributed by atoms with van der Waals surface area (Å²) < 4.78 is 5.21. The Morgan fingerprint density at radius 1 is 1.13 bits per heavy atom. The van der Waals surface area contributed by atoms with E-state index >= 15 is 0 Å². The van der Waals surface area contributed by atoms with E-state index in [2.05, 4.69) is 48.4 Å². The van der Waals surface area contributed by atoms with Crippen LogP contribution in [-0.2, 0) is 6.42 Å². The number of halogens is 1. The van der Waals surface area contributed by atoms with Crippen molar-refractivity contribution < 1.29 is 4.74 Å². The fourth-order valence-corrected chi connectivity index (χ4v) is 2.37. The molecule has 0 radical (unpaired) electrons. The standard InChI is InChI=1S/C18H23N3O.HI/c1-13-9-14(2)11-16(10-13)21-18(19)20-8-7-15-5-4-6-17(12-15)22-3;/h4-6,9-12H,7-8H2,1-3H3,(H3,19,20,21);1H. The van der Waals surface area contributed by atoms with Crippen LogP contribution in [0.3, 0.4) is 0 Å². The highest BCUT2D eigenvalue weighted by Crippen LogP contribution is 2.14. The third kappa shape index (κ3) is 6.48. The number of rotatable bonds is 5. The first-order valence-corrected chi connectivity index (χ1v) is 7.35. The van der Waals surface area contributed by atoms with Crippen LogP contribution in [0.4, 0.5) is 5.69 Å². The number of benzene rings is 2. The summed E-state index contributed by atoms with van der Waals surface area (Å²) in [6.07, 6.45) is 0.826. The molecule has 5 heteroatoms. The predicted octanol–water partition coefficient (Wildman–Crippen LogP) is 3.90. The Balaban J connectivity index is 0.00000264. The predicted molar refractivity (Wildman–Crippen MR) is 108 cm³/mol. The zero-order valence-corrected chi connectivity index (χ0v) is 16.1. The fraction of sp³-hybridized carbons (Fsp3) is 0.278. The molecule has 2 rings (SSSR count). The Labute approximate surface area is 155 Å². The van der Waals surface area contributed by atoms with Crippen LogP contribution in [0, 0.1) is 13.8 Å². The van der Waals surface area contributed by atoms with Gasteiger partial charge in [-0.25, -0.2) is 0 Å². The highest BCUT2D eigenvalue weighted by Gasteiger charge is 1.99. The molecule has 0 fully saturated rings. The molecule has 2 aromatic carbocycles. The number of aryl methyl sites for hydroxylation is 2. The number of guanidine groups is 1. The van der Waals surface area contributed by atoms with Crippen LogP contribution in [0.25, 0.3) is 0 Å². The van der Waals surface area contributed by atoms with Gasteiger partial charge in [0.25, 0.3) is 0 Å². The number of nitrogens with zero attached hydrogens (tertiary/aromatic N) is 1. The first kappa shape index (κ1) is 19.3. The Bertz CT molecular complexity index is 651. The molecule has 0 bridgehead atoms. The first-order valence-electron chi connectivity index (χ1n) is 7.35. The molecule has 2 aromatic rings. The van der Waals surface area contributed by atoms with Crippen molar-refractivity contribution in [1.29, 1.82) is 0 Å². The van der Waals surface area contributed by atoms with Gasteiger partial charge in [-0.2, -0.15) is 0 Å². The van der Waals surface area contributed by atoms with Gasteiger partial charge >= 0.3 is 0 Å². The van der Waals surface area contributed by atoms with E-state index in [4.69, 9.17) is 10.5 Å². The van der Waals surface area contributed by atoms with Gasteiger partial charge in [0.15, 0.2) is 5.96 Å². The molecule has 0 aliphatic heterocycles. The first-order chi connectivity index (χ1) is 10.6. The molecule has 0 saturated heterocycles. The summed E-state index contributed by atoms with van der Waals surface area (Å²) >= 11 is 0. The van der Waals surface area contributed by atoms with Gasteiger partial charge in [-0.15, -0.1) is 24.0 Å². The van der Waals surface area contributed by atoms with Crippen molar-refractivity contribution in [3.63, 3.8) is 0 Å². The van der Waals surface area contributed by atoms with E-state index in [1.807, 2.05) is 18.2 Å². The summed E-state index contributed by atoms with van der Waals surface area (Å²) in [6, 6.07) is 14.2. The second-order valence-corrected chi connectivity index (χ2v) is 5.37. The van der Waals surface area contributed by atoms with Crippen molar-refractivity contribution in [2.45, 2.75) is 20.3 Å². The van der Waals surface area contributed by atoms with Crippen LogP contribution >= 0.6 is 24.0 Å². The van der Waals surface area contributed by atoms with E-state index < -0.39 is 0 Å². The molecule has 124 valence electrons. The summed E-state index contributed by atoms with van der Waals surface area (Å²) in [5, 5.41) is 3.14. The lowest BCUT2D eigenvalue weighted by atomic mass is 10.1. The molecule has 4 nitrogen and oxygen atoms in total. The quantitative estimate of drug-likeness (QED) is 0.434. The van der Waals surface area contributed by atoms with Gasteiger partial charge in [0.1, 0.15) is 5.75 Å². The summed E-state index contributed by atoms with van der Waals surface area (Å²) in [5.74, 6) is 1.30. The van der Waals surface area contributed by atoms with E-state index in [1.165, 1.54) is 16.7 Å². The molecule has 0 unspecified atom stereocenters. The molecule has 23 heavy (non-hydrogen) atoms. The fourth-order valence-electron chi connectivity index (χ4n) is 2.37. The van der Waals surface area contributed by atoms with Gasteiger partial charge in [0.2, 0.25) is 0 Å². The van der Waals surface area contributed by atoms with Crippen molar-refractivity contribution in [3.8, 4) is 5.75 Å². The third-order valence-corrected chi connectivity index (χ3v) is 3.31. The summed E-state index contributed by atoms with van der Waals surface area (Å²) in [7, 11) is 1.67. The van der Waals surface area contributed by atoms with Crippen molar-refractivity contribution >= 4 is 35.6 Å². The van der Waals surface area contributed by atoms with Crippen LogP contribution in [-0.4, -0.2) is 19.6 Å². The average Bonchev–Trinajstić information content (AvgIpc) is 2.46. The average molecular weight is 425 g/mol. The van der Waals surface area contributed by atoms with Crippen molar-refractivity contribution in [3.05, 3.63) is 59.2 Å². The zero-order valence-electron chi connectivity index (χ0n) is 13.8. The van der Waals surface area contributed by atoms with Crippen molar-refractivity contribution in [1.82, 2.24) is 0 Å². The Morgan fingerprint density at radius 3 is 2.48 bits per heavy atom. The number of aliphatic imine (C=N–C) groups is 1. The molecule has 0 saturated carbocycles. The Hall–Kier alpha value is -1.76. The number of nitrogens with one attached hydrogen (secondary N) is 1. The largest absolute Gasteiger partial charge is 0.497 e. The second-order valence-electron chi connectivity index (χ2n) is 5.37. The van der Waals surface area contributed by atoms with Crippen LogP contribution in [0.15, 0.2) is 47.5 Å². The molecule has 0 aromatic heterocycles. The lowest BCUT2D eigenvalue weighted by Gasteiger charge is -2.08. The smallest absolute Gasteiger partial charge is 0.193 e. The third-order valence-electron chi connectivity index (χ3n) is 3.31. The minimum atomic E-state index is 0. The van der Waals surface area contributed by atoms with E-state index in [9.17, 15) is 0 Å². The lowest BCUT2D eigenvalue weighted by molar-refractivity contribution is 0.414. The topological polar surface area (TPSA) is 59.6 Å². The monoisotopic (exact) mass is 425 g/mol. The zero-order chi connectivity index (χ0) is 15.9. The van der Waals surface area contributed by atoms with Crippen LogP contribution in [0.2, 0.25) is 0 Å². The highest BCUT2D eigenvalue weighted by atomic mass is 127. The second kappa shape index (κ2) is 9.39. The summed E-state index contributed by atoms with van der Waals surface area (Å²) in [6.45, 7) is 4.76. The highest BCUT2D eigenvalue weighted by molar-refractivity contribution is 14.0. The van der Waals surface area contributed by atoms with E-state index in [0.717, 1.165) is 17.9 Å². The maximum absolute atomic E-state index is 5.94. The van der Waals surface area contributed by atoms with Gasteiger partial charge in [0.05, 0.1) is 7.11 Å². The molecule has 0 aliphatic carbocycles.